The van der Waals surface area contributed by atoms with Crippen molar-refractivity contribution in [3.05, 3.63) is 59.7 Å². The first-order valence-corrected chi connectivity index (χ1v) is 6.26. The Labute approximate surface area is 148 Å². The Bertz CT molecular complexity index is 381. The summed E-state index contributed by atoms with van der Waals surface area (Å²) in [5, 5.41) is 7.00. The fourth-order valence-corrected chi connectivity index (χ4v) is 1.17. The van der Waals surface area contributed by atoms with Crippen LogP contribution in [0.2, 0.25) is 0 Å². The highest BCUT2D eigenvalue weighted by atomic mass is 16.2. The maximum absolute atomic E-state index is 7.00. The van der Waals surface area contributed by atoms with Crippen LogP contribution in [0.5, 0.6) is 0 Å². The van der Waals surface area contributed by atoms with Crippen LogP contribution in [0.3, 0.4) is 0 Å². The maximum atomic E-state index is 7.00. The van der Waals surface area contributed by atoms with Crippen LogP contribution in [0, 0.1) is 13.8 Å². The molecule has 0 radical (unpaired) electrons. The van der Waals surface area contributed by atoms with E-state index in [1.807, 2.05) is 62.4 Å². The predicted octanol–water partition coefficient (Wildman–Crippen LogP) is 2.95. The Morgan fingerprint density at radius 3 is 1.00 bits per heavy atom. The second-order valence-corrected chi connectivity index (χ2v) is 3.71. The van der Waals surface area contributed by atoms with Gasteiger partial charge in [-0.15, -0.1) is 0 Å². The molecule has 0 aliphatic carbocycles. The minimum atomic E-state index is 0. The third-order valence-corrected chi connectivity index (χ3v) is 2.38. The van der Waals surface area contributed by atoms with E-state index in [9.17, 15) is 0 Å². The zero-order chi connectivity index (χ0) is 16.0. The van der Waals surface area contributed by atoms with Crippen LogP contribution in [0.1, 0.15) is 26.0 Å². The molecule has 0 bridgehead atoms. The van der Waals surface area contributed by atoms with Crippen molar-refractivity contribution in [2.75, 3.05) is 25.6 Å². The van der Waals surface area contributed by atoms with Gasteiger partial charge in [0.1, 0.15) is 0 Å². The van der Waals surface area contributed by atoms with Gasteiger partial charge < -0.3 is 33.9 Å². The lowest BCUT2D eigenvalue weighted by Gasteiger charge is -1.93. The number of hydrogen-bond acceptors (Lipinski definition) is 5. The quantitative estimate of drug-likeness (QED) is 0.463. The van der Waals surface area contributed by atoms with Crippen molar-refractivity contribution in [1.29, 1.82) is 0 Å². The van der Waals surface area contributed by atoms with E-state index in [2.05, 4.69) is 5.73 Å². The summed E-state index contributed by atoms with van der Waals surface area (Å²) in [6.07, 6.45) is 0. The minimum Gasteiger partial charge on any atom is -0.412 e. The molecule has 24 heavy (non-hydrogen) atoms. The Hall–Kier alpha value is -2.12. The van der Waals surface area contributed by atoms with Gasteiger partial charge >= 0.3 is 0 Å². The molecular formula is C18H40N4O2. The van der Waals surface area contributed by atoms with Gasteiger partial charge in [-0.2, -0.15) is 0 Å². The van der Waals surface area contributed by atoms with Crippen molar-refractivity contribution < 1.29 is 10.6 Å². The Balaban J connectivity index is -0.0000000491. The lowest BCUT2D eigenvalue weighted by molar-refractivity contribution is 0.399. The Morgan fingerprint density at radius 2 is 0.875 bits per heavy atom. The standard InChI is InChI=1S/2C7H9N.CH5N.CH4O.2CH4.H3N.H2O/c2*1-6-4-2-3-5-7(6)8;2*1-2;;;;/h2*2-5H,8H2,1H3;2H2,1H3;2H,1H3;2*1H4;1H3;1H2. The van der Waals surface area contributed by atoms with E-state index in [1.54, 1.807) is 0 Å². The van der Waals surface area contributed by atoms with Crippen molar-refractivity contribution in [1.82, 2.24) is 6.15 Å². The van der Waals surface area contributed by atoms with Gasteiger partial charge in [-0.25, -0.2) is 0 Å². The molecule has 0 atom stereocenters. The average Bonchev–Trinajstić information content (AvgIpc) is 2.50. The normalized spacial score (nSPS) is 6.58. The zero-order valence-corrected chi connectivity index (χ0v) is 14.0. The van der Waals surface area contributed by atoms with Gasteiger partial charge in [-0.3, -0.25) is 0 Å². The van der Waals surface area contributed by atoms with E-state index in [0.717, 1.165) is 29.6 Å². The summed E-state index contributed by atoms with van der Waals surface area (Å²) < 4.78 is 0. The van der Waals surface area contributed by atoms with Crippen LogP contribution in [0.25, 0.3) is 0 Å². The maximum Gasteiger partial charge on any atom is 0.0343 e. The molecule has 144 valence electrons. The number of para-hydroxylation sites is 2. The van der Waals surface area contributed by atoms with Gasteiger partial charge in [0.2, 0.25) is 0 Å². The molecular weight excluding hydrogens is 304 g/mol. The molecule has 6 heteroatoms. The number of benzene rings is 2. The minimum absolute atomic E-state index is 0. The van der Waals surface area contributed by atoms with Crippen molar-refractivity contribution in [3.8, 4) is 0 Å². The molecule has 12 N–H and O–H groups in total. The number of rotatable bonds is 0. The summed E-state index contributed by atoms with van der Waals surface area (Å²) in [6, 6.07) is 15.6. The molecule has 0 heterocycles. The highest BCUT2D eigenvalue weighted by Crippen LogP contribution is 2.07. The van der Waals surface area contributed by atoms with Crippen LogP contribution in [-0.4, -0.2) is 24.7 Å². The van der Waals surface area contributed by atoms with Crippen LogP contribution >= 0.6 is 0 Å². The van der Waals surface area contributed by atoms with Crippen molar-refractivity contribution in [2.45, 2.75) is 28.7 Å². The molecule has 0 unspecified atom stereocenters. The van der Waals surface area contributed by atoms with Gasteiger partial charge in [0.25, 0.3) is 0 Å². The van der Waals surface area contributed by atoms with E-state index >= 15 is 0 Å². The third-order valence-electron chi connectivity index (χ3n) is 2.38. The molecule has 0 saturated carbocycles. The van der Waals surface area contributed by atoms with Gasteiger partial charge in [0, 0.05) is 18.5 Å². The van der Waals surface area contributed by atoms with Crippen LogP contribution < -0.4 is 23.4 Å². The number of aliphatic hydroxyl groups is 1. The summed E-state index contributed by atoms with van der Waals surface area (Å²) in [7, 11) is 2.50. The molecule has 0 aromatic heterocycles. The summed E-state index contributed by atoms with van der Waals surface area (Å²) in [6.45, 7) is 3.99. The molecule has 0 aliphatic rings. The molecule has 2 aromatic rings. The van der Waals surface area contributed by atoms with E-state index in [0.29, 0.717) is 0 Å². The number of nitrogen functional groups attached to an aromatic ring is 2. The summed E-state index contributed by atoms with van der Waals surface area (Å²) in [5.41, 5.74) is 19.6. The van der Waals surface area contributed by atoms with Crippen molar-refractivity contribution >= 4 is 11.4 Å². The molecule has 0 saturated heterocycles. The lowest BCUT2D eigenvalue weighted by Crippen LogP contribution is -1.85. The van der Waals surface area contributed by atoms with Crippen molar-refractivity contribution in [3.63, 3.8) is 0 Å². The number of hydrogen-bond donors (Lipinski definition) is 5. The summed E-state index contributed by atoms with van der Waals surface area (Å²) in [5.74, 6) is 0. The van der Waals surface area contributed by atoms with Crippen molar-refractivity contribution in [2.24, 2.45) is 5.73 Å². The van der Waals surface area contributed by atoms with E-state index in [1.165, 1.54) is 7.05 Å². The first-order valence-electron chi connectivity index (χ1n) is 6.26. The fourth-order valence-electron chi connectivity index (χ4n) is 1.17. The molecule has 0 aliphatic heterocycles. The molecule has 0 fully saturated rings. The van der Waals surface area contributed by atoms with Gasteiger partial charge in [0.05, 0.1) is 0 Å². The summed E-state index contributed by atoms with van der Waals surface area (Å²) >= 11 is 0. The first-order chi connectivity index (χ1) is 9.61. The number of anilines is 2. The second kappa shape index (κ2) is 25.8. The van der Waals surface area contributed by atoms with E-state index < -0.39 is 0 Å². The molecule has 0 spiro atoms. The Kier molecular flexibility index (Phi) is 40.7. The van der Waals surface area contributed by atoms with E-state index in [4.69, 9.17) is 16.6 Å². The monoisotopic (exact) mass is 344 g/mol. The lowest BCUT2D eigenvalue weighted by atomic mass is 10.2. The second-order valence-electron chi connectivity index (χ2n) is 3.71. The highest BCUT2D eigenvalue weighted by molar-refractivity contribution is 5.45. The Morgan fingerprint density at radius 1 is 0.667 bits per heavy atom. The highest BCUT2D eigenvalue weighted by Gasteiger charge is 1.85. The largest absolute Gasteiger partial charge is 0.412 e. The van der Waals surface area contributed by atoms with E-state index in [-0.39, 0.29) is 26.5 Å². The zero-order valence-electron chi connectivity index (χ0n) is 14.0. The van der Waals surface area contributed by atoms with Crippen LogP contribution in [-0.2, 0) is 0 Å². The number of nitrogens with two attached hydrogens (primary N) is 3. The van der Waals surface area contributed by atoms with Crippen LogP contribution in [0.15, 0.2) is 48.5 Å². The van der Waals surface area contributed by atoms with Gasteiger partial charge in [0.15, 0.2) is 0 Å². The molecule has 0 amide bonds. The molecule has 2 rings (SSSR count). The third kappa shape index (κ3) is 17.9. The smallest absolute Gasteiger partial charge is 0.0343 e. The average molecular weight is 345 g/mol. The number of aryl methyl sites for hydroxylation is 2. The number of aliphatic hydroxyl groups excluding tert-OH is 1. The first kappa shape index (κ1) is 37.8. The van der Waals surface area contributed by atoms with Gasteiger partial charge in [-0.1, -0.05) is 51.3 Å². The van der Waals surface area contributed by atoms with Gasteiger partial charge in [-0.05, 0) is 44.2 Å². The predicted molar refractivity (Wildman–Crippen MR) is 112 cm³/mol. The fraction of sp³-hybridized carbons (Fsp3) is 0.333. The molecule has 2 aromatic carbocycles. The topological polar surface area (TPSA) is 165 Å². The summed E-state index contributed by atoms with van der Waals surface area (Å²) in [4.78, 5) is 0. The molecule has 6 nitrogen and oxygen atoms in total. The SMILES string of the molecule is C.C.CN.CO.Cc1ccccc1N.Cc1ccccc1N.N.O. The van der Waals surface area contributed by atoms with Crippen LogP contribution in [0.4, 0.5) is 11.4 Å².